The van der Waals surface area contributed by atoms with Gasteiger partial charge in [-0.15, -0.1) is 0 Å². The number of rotatable bonds is 3. The first-order chi connectivity index (χ1) is 11.9. The first kappa shape index (κ1) is 16.7. The summed E-state index contributed by atoms with van der Waals surface area (Å²) in [7, 11) is 0. The lowest BCUT2D eigenvalue weighted by atomic mass is 10.1. The van der Waals surface area contributed by atoms with Crippen LogP contribution in [-0.4, -0.2) is 10.9 Å². The number of hydrogen-bond donors (Lipinski definition) is 1. The molecule has 0 aliphatic carbocycles. The molecule has 25 heavy (non-hydrogen) atoms. The molecule has 0 aliphatic rings. The molecular formula is C19H13F3N2O. The van der Waals surface area contributed by atoms with Gasteiger partial charge in [0.05, 0.1) is 5.56 Å². The lowest BCUT2D eigenvalue weighted by Gasteiger charge is -2.08. The average Bonchev–Trinajstić information content (AvgIpc) is 2.62. The second-order valence-corrected chi connectivity index (χ2v) is 5.33. The summed E-state index contributed by atoms with van der Waals surface area (Å²) in [5.74, 6) is 0.0832. The molecule has 3 aromatic rings. The number of pyridine rings is 1. The molecule has 0 atom stereocenters. The van der Waals surface area contributed by atoms with Crippen molar-refractivity contribution in [2.45, 2.75) is 6.18 Å². The van der Waals surface area contributed by atoms with Gasteiger partial charge in [0.25, 0.3) is 5.91 Å². The van der Waals surface area contributed by atoms with E-state index < -0.39 is 11.7 Å². The van der Waals surface area contributed by atoms with Crippen LogP contribution in [0.3, 0.4) is 0 Å². The number of alkyl halides is 3. The molecule has 126 valence electrons. The molecule has 1 N–H and O–H groups in total. The minimum absolute atomic E-state index is 0.282. The second-order valence-electron chi connectivity index (χ2n) is 5.33. The number of aromatic nitrogens is 1. The Hall–Kier alpha value is -3.15. The SMILES string of the molecule is O=C(Nc1ccc(-c2ccc(C(F)(F)F)cc2)cn1)c1ccccc1. The highest BCUT2D eigenvalue weighted by Crippen LogP contribution is 2.30. The van der Waals surface area contributed by atoms with Gasteiger partial charge in [-0.3, -0.25) is 4.79 Å². The fraction of sp³-hybridized carbons (Fsp3) is 0.0526. The molecule has 1 amide bonds. The van der Waals surface area contributed by atoms with Gasteiger partial charge in [0.2, 0.25) is 0 Å². The second kappa shape index (κ2) is 6.76. The molecular weight excluding hydrogens is 329 g/mol. The van der Waals surface area contributed by atoms with Crippen molar-refractivity contribution in [1.82, 2.24) is 4.98 Å². The van der Waals surface area contributed by atoms with Crippen LogP contribution in [0.4, 0.5) is 19.0 Å². The summed E-state index contributed by atoms with van der Waals surface area (Å²) in [6.07, 6.45) is -2.86. The Morgan fingerprint density at radius 3 is 2.04 bits per heavy atom. The van der Waals surface area contributed by atoms with E-state index in [0.717, 1.165) is 12.1 Å². The minimum Gasteiger partial charge on any atom is -0.307 e. The number of benzene rings is 2. The van der Waals surface area contributed by atoms with Crippen LogP contribution in [0, 0.1) is 0 Å². The Kier molecular flexibility index (Phi) is 4.52. The highest BCUT2D eigenvalue weighted by molar-refractivity contribution is 6.03. The van der Waals surface area contributed by atoms with Gasteiger partial charge in [-0.05, 0) is 42.0 Å². The molecule has 0 saturated carbocycles. The van der Waals surface area contributed by atoms with Crippen LogP contribution < -0.4 is 5.32 Å². The van der Waals surface area contributed by atoms with Crippen LogP contribution >= 0.6 is 0 Å². The third kappa shape index (κ3) is 4.03. The Morgan fingerprint density at radius 1 is 0.840 bits per heavy atom. The van der Waals surface area contributed by atoms with Crippen LogP contribution in [0.1, 0.15) is 15.9 Å². The topological polar surface area (TPSA) is 42.0 Å². The van der Waals surface area contributed by atoms with Crippen LogP contribution in [0.15, 0.2) is 72.9 Å². The maximum atomic E-state index is 12.6. The van der Waals surface area contributed by atoms with Crippen molar-refractivity contribution in [3.63, 3.8) is 0 Å². The van der Waals surface area contributed by atoms with Crippen LogP contribution in [0.2, 0.25) is 0 Å². The van der Waals surface area contributed by atoms with E-state index in [9.17, 15) is 18.0 Å². The molecule has 3 nitrogen and oxygen atoms in total. The number of carbonyl (C=O) groups is 1. The number of halogens is 3. The zero-order chi connectivity index (χ0) is 17.9. The van der Waals surface area contributed by atoms with Gasteiger partial charge in [0, 0.05) is 17.3 Å². The Bertz CT molecular complexity index is 858. The number of hydrogen-bond acceptors (Lipinski definition) is 2. The van der Waals surface area contributed by atoms with Crippen molar-refractivity contribution >= 4 is 11.7 Å². The van der Waals surface area contributed by atoms with Gasteiger partial charge < -0.3 is 5.32 Å². The summed E-state index contributed by atoms with van der Waals surface area (Å²) >= 11 is 0. The smallest absolute Gasteiger partial charge is 0.307 e. The van der Waals surface area contributed by atoms with E-state index in [1.807, 2.05) is 6.07 Å². The first-order valence-corrected chi connectivity index (χ1v) is 7.43. The quantitative estimate of drug-likeness (QED) is 0.726. The predicted molar refractivity (Wildman–Crippen MR) is 89.1 cm³/mol. The normalized spacial score (nSPS) is 11.2. The molecule has 0 radical (unpaired) electrons. The van der Waals surface area contributed by atoms with Crippen LogP contribution in [0.25, 0.3) is 11.1 Å². The maximum absolute atomic E-state index is 12.6. The maximum Gasteiger partial charge on any atom is 0.416 e. The molecule has 6 heteroatoms. The first-order valence-electron chi connectivity index (χ1n) is 7.43. The van der Waals surface area contributed by atoms with Crippen molar-refractivity contribution in [3.05, 3.63) is 84.1 Å². The largest absolute Gasteiger partial charge is 0.416 e. The molecule has 1 heterocycles. The molecule has 0 aliphatic heterocycles. The Morgan fingerprint density at radius 2 is 1.48 bits per heavy atom. The van der Waals surface area contributed by atoms with E-state index in [1.165, 1.54) is 18.3 Å². The molecule has 0 unspecified atom stereocenters. The fourth-order valence-corrected chi connectivity index (χ4v) is 2.27. The number of nitrogens with one attached hydrogen (secondary N) is 1. The van der Waals surface area contributed by atoms with Crippen molar-refractivity contribution in [2.75, 3.05) is 5.32 Å². The van der Waals surface area contributed by atoms with Gasteiger partial charge >= 0.3 is 6.18 Å². The number of nitrogens with zero attached hydrogens (tertiary/aromatic N) is 1. The van der Waals surface area contributed by atoms with Gasteiger partial charge in [-0.25, -0.2) is 4.98 Å². The van der Waals surface area contributed by atoms with Gasteiger partial charge in [-0.1, -0.05) is 30.3 Å². The lowest BCUT2D eigenvalue weighted by molar-refractivity contribution is -0.137. The van der Waals surface area contributed by atoms with Gasteiger partial charge in [-0.2, -0.15) is 13.2 Å². The van der Waals surface area contributed by atoms with Crippen molar-refractivity contribution in [3.8, 4) is 11.1 Å². The molecule has 0 spiro atoms. The molecule has 0 bridgehead atoms. The summed E-state index contributed by atoms with van der Waals surface area (Å²) in [5, 5.41) is 2.67. The van der Waals surface area contributed by atoms with E-state index >= 15 is 0 Å². The standard InChI is InChI=1S/C19H13F3N2O/c20-19(21,22)16-9-6-13(7-10-16)15-8-11-17(23-12-15)24-18(25)14-4-2-1-3-5-14/h1-12H,(H,23,24,25). The zero-order valence-corrected chi connectivity index (χ0v) is 12.9. The van der Waals surface area contributed by atoms with Gasteiger partial charge in [0.15, 0.2) is 0 Å². The lowest BCUT2D eigenvalue weighted by Crippen LogP contribution is -2.12. The zero-order valence-electron chi connectivity index (χ0n) is 12.9. The average molecular weight is 342 g/mol. The van der Waals surface area contributed by atoms with E-state index in [2.05, 4.69) is 10.3 Å². The molecule has 0 saturated heterocycles. The number of anilines is 1. The summed E-state index contributed by atoms with van der Waals surface area (Å²) in [6.45, 7) is 0. The fourth-order valence-electron chi connectivity index (χ4n) is 2.27. The highest BCUT2D eigenvalue weighted by atomic mass is 19.4. The summed E-state index contributed by atoms with van der Waals surface area (Å²) in [5.41, 5.74) is 1.08. The number of amides is 1. The van der Waals surface area contributed by atoms with Crippen LogP contribution in [-0.2, 0) is 6.18 Å². The monoisotopic (exact) mass is 342 g/mol. The molecule has 3 rings (SSSR count). The van der Waals surface area contributed by atoms with Gasteiger partial charge in [0.1, 0.15) is 5.82 Å². The van der Waals surface area contributed by atoms with E-state index in [-0.39, 0.29) is 5.91 Å². The van der Waals surface area contributed by atoms with E-state index in [4.69, 9.17) is 0 Å². The number of carbonyl (C=O) groups excluding carboxylic acids is 1. The van der Waals surface area contributed by atoms with Crippen molar-refractivity contribution < 1.29 is 18.0 Å². The summed E-state index contributed by atoms with van der Waals surface area (Å²) in [6, 6.07) is 16.8. The van der Waals surface area contributed by atoms with Crippen LogP contribution in [0.5, 0.6) is 0 Å². The minimum atomic E-state index is -4.36. The Labute approximate surface area is 142 Å². The highest BCUT2D eigenvalue weighted by Gasteiger charge is 2.29. The third-order valence-corrected chi connectivity index (χ3v) is 3.59. The van der Waals surface area contributed by atoms with Crippen molar-refractivity contribution in [2.24, 2.45) is 0 Å². The summed E-state index contributed by atoms with van der Waals surface area (Å²) in [4.78, 5) is 16.2. The molecule has 1 aromatic heterocycles. The molecule has 0 fully saturated rings. The predicted octanol–water partition coefficient (Wildman–Crippen LogP) is 5.02. The Balaban J connectivity index is 1.73. The van der Waals surface area contributed by atoms with E-state index in [1.54, 1.807) is 36.4 Å². The van der Waals surface area contributed by atoms with Crippen molar-refractivity contribution in [1.29, 1.82) is 0 Å². The van der Waals surface area contributed by atoms with E-state index in [0.29, 0.717) is 22.5 Å². The third-order valence-electron chi connectivity index (χ3n) is 3.59. The molecule has 2 aromatic carbocycles. The summed E-state index contributed by atoms with van der Waals surface area (Å²) < 4.78 is 37.8.